The van der Waals surface area contributed by atoms with Gasteiger partial charge in [-0.25, -0.2) is 4.98 Å². The summed E-state index contributed by atoms with van der Waals surface area (Å²) < 4.78 is 2.31. The average molecular weight is 753 g/mol. The van der Waals surface area contributed by atoms with Gasteiger partial charge in [0.25, 0.3) is 0 Å². The van der Waals surface area contributed by atoms with E-state index in [4.69, 9.17) is 4.98 Å². The van der Waals surface area contributed by atoms with E-state index in [1.54, 1.807) is 0 Å². The van der Waals surface area contributed by atoms with Gasteiger partial charge in [0.05, 0.1) is 11.4 Å². The summed E-state index contributed by atoms with van der Waals surface area (Å²) in [6, 6.07) is 75.0. The predicted molar refractivity (Wildman–Crippen MR) is 249 cm³/mol. The smallest absolute Gasteiger partial charge is 0.145 e. The van der Waals surface area contributed by atoms with E-state index in [-0.39, 0.29) is 0 Å². The molecule has 1 heterocycles. The van der Waals surface area contributed by atoms with Crippen LogP contribution in [0, 0.1) is 0 Å². The van der Waals surface area contributed by atoms with Gasteiger partial charge in [0.2, 0.25) is 0 Å². The number of rotatable bonds is 7. The van der Waals surface area contributed by atoms with E-state index in [1.165, 1.54) is 82.9 Å². The zero-order valence-electron chi connectivity index (χ0n) is 32.6. The van der Waals surface area contributed by atoms with Gasteiger partial charge in [-0.05, 0) is 114 Å². The van der Waals surface area contributed by atoms with Crippen molar-refractivity contribution in [2.24, 2.45) is 0 Å². The Morgan fingerprint density at radius 3 is 1.46 bits per heavy atom. The van der Waals surface area contributed by atoms with E-state index in [1.807, 2.05) is 0 Å². The van der Waals surface area contributed by atoms with Crippen molar-refractivity contribution in [3.63, 3.8) is 0 Å². The minimum atomic E-state index is 0.954. The lowest BCUT2D eigenvalue weighted by Gasteiger charge is -2.22. The highest BCUT2D eigenvalue weighted by Crippen LogP contribution is 2.48. The van der Waals surface area contributed by atoms with Crippen LogP contribution in [0.4, 0.5) is 0 Å². The molecule has 0 saturated carbocycles. The van der Waals surface area contributed by atoms with Crippen molar-refractivity contribution in [3.8, 4) is 72.7 Å². The van der Waals surface area contributed by atoms with Gasteiger partial charge in [-0.2, -0.15) is 0 Å². The molecule has 0 radical (unpaired) electrons. The van der Waals surface area contributed by atoms with Gasteiger partial charge in [0, 0.05) is 11.3 Å². The van der Waals surface area contributed by atoms with Gasteiger partial charge >= 0.3 is 0 Å². The van der Waals surface area contributed by atoms with E-state index in [0.29, 0.717) is 0 Å². The zero-order valence-corrected chi connectivity index (χ0v) is 32.6. The van der Waals surface area contributed by atoms with Crippen LogP contribution < -0.4 is 0 Å². The maximum absolute atomic E-state index is 5.23. The van der Waals surface area contributed by atoms with Gasteiger partial charge in [-0.1, -0.05) is 194 Å². The number of hydrogen-bond donors (Lipinski definition) is 0. The first-order valence-electron chi connectivity index (χ1n) is 20.5. The van der Waals surface area contributed by atoms with Crippen LogP contribution in [0.5, 0.6) is 0 Å². The predicted octanol–water partition coefficient (Wildman–Crippen LogP) is 15.1. The number of hydrogen-bond acceptors (Lipinski definition) is 1. The van der Waals surface area contributed by atoms with Crippen LogP contribution in [0.1, 0.15) is 17.8 Å². The quantitative estimate of drug-likeness (QED) is 0.148. The number of nitrogens with zero attached hydrogens (tertiary/aromatic N) is 2. The molecule has 9 aromatic carbocycles. The summed E-state index contributed by atoms with van der Waals surface area (Å²) in [5.41, 5.74) is 16.7. The van der Waals surface area contributed by atoms with Crippen LogP contribution in [0.2, 0.25) is 0 Å². The third-order valence-electron chi connectivity index (χ3n) is 11.9. The van der Waals surface area contributed by atoms with Crippen molar-refractivity contribution < 1.29 is 0 Å². The number of fused-ring (bicyclic) bond motifs is 3. The SMILES string of the molecule is C1=Cc2c(nc(-c3ccc(-c4ccc5c(-c6ccccc6-c6ccccc6)c6ccccc6c(-c6ccccc6-c6ccccc6)c5c4)cc3)n2-c2ccccc2)CC1. The standard InChI is InChI=1S/C57H40N2/c1-4-18-40(19-5-1)45-24-10-12-26-47(45)55-49-28-14-15-29-50(49)56(48-27-13-11-25-46(48)41-20-6-2-7-21-41)52-38-43(36-37-51(52)55)39-32-34-42(35-33-39)57-58-53-30-16-17-31-54(53)59(57)44-22-8-3-9-23-44/h1-15,17-29,31-38H,16,30H2. The summed E-state index contributed by atoms with van der Waals surface area (Å²) in [7, 11) is 0. The molecule has 1 aliphatic rings. The summed E-state index contributed by atoms with van der Waals surface area (Å²) in [6.07, 6.45) is 6.47. The Labute approximate surface area is 345 Å². The second-order valence-electron chi connectivity index (χ2n) is 15.3. The molecule has 0 fully saturated rings. The van der Waals surface area contributed by atoms with Crippen LogP contribution in [-0.2, 0) is 6.42 Å². The number of aromatic nitrogens is 2. The fraction of sp³-hybridized carbons (Fsp3) is 0.0351. The van der Waals surface area contributed by atoms with Crippen molar-refractivity contribution in [1.82, 2.24) is 9.55 Å². The average Bonchev–Trinajstić information content (AvgIpc) is 3.71. The summed E-state index contributed by atoms with van der Waals surface area (Å²) in [6.45, 7) is 0. The number of allylic oxidation sites excluding steroid dienone is 1. The van der Waals surface area contributed by atoms with Crippen molar-refractivity contribution in [3.05, 3.63) is 224 Å². The molecule has 1 aliphatic carbocycles. The molecule has 0 unspecified atom stereocenters. The molecule has 0 saturated heterocycles. The Bertz CT molecular complexity index is 3170. The van der Waals surface area contributed by atoms with E-state index in [2.05, 4.69) is 223 Å². The molecule has 2 heteroatoms. The van der Waals surface area contributed by atoms with E-state index < -0.39 is 0 Å². The number of imidazole rings is 1. The normalized spacial score (nSPS) is 12.2. The highest BCUT2D eigenvalue weighted by atomic mass is 15.1. The lowest BCUT2D eigenvalue weighted by Crippen LogP contribution is -2.01. The first-order chi connectivity index (χ1) is 29.3. The lowest BCUT2D eigenvalue weighted by molar-refractivity contribution is 0.936. The second kappa shape index (κ2) is 14.8. The van der Waals surface area contributed by atoms with E-state index >= 15 is 0 Å². The summed E-state index contributed by atoms with van der Waals surface area (Å²) in [5.74, 6) is 0.978. The van der Waals surface area contributed by atoms with Crippen LogP contribution in [0.25, 0.3) is 100 Å². The molecule has 10 aromatic rings. The first kappa shape index (κ1) is 34.7. The number of aryl methyl sites for hydroxylation is 1. The maximum atomic E-state index is 5.23. The molecule has 11 rings (SSSR count). The monoisotopic (exact) mass is 752 g/mol. The molecule has 0 atom stereocenters. The topological polar surface area (TPSA) is 17.8 Å². The highest BCUT2D eigenvalue weighted by Gasteiger charge is 2.22. The Kier molecular flexibility index (Phi) is 8.67. The third kappa shape index (κ3) is 6.09. The summed E-state index contributed by atoms with van der Waals surface area (Å²) in [5, 5.41) is 4.93. The second-order valence-corrected chi connectivity index (χ2v) is 15.3. The maximum Gasteiger partial charge on any atom is 0.145 e. The van der Waals surface area contributed by atoms with Gasteiger partial charge in [-0.15, -0.1) is 0 Å². The van der Waals surface area contributed by atoms with Crippen molar-refractivity contribution in [2.45, 2.75) is 12.8 Å². The Balaban J connectivity index is 1.14. The van der Waals surface area contributed by atoms with Gasteiger partial charge < -0.3 is 0 Å². The molecular formula is C57H40N2. The lowest BCUT2D eigenvalue weighted by atomic mass is 9.81. The minimum Gasteiger partial charge on any atom is -0.293 e. The number of benzene rings is 9. The van der Waals surface area contributed by atoms with Crippen molar-refractivity contribution in [2.75, 3.05) is 0 Å². The molecule has 0 N–H and O–H groups in total. The third-order valence-corrected chi connectivity index (χ3v) is 11.9. The minimum absolute atomic E-state index is 0.954. The zero-order chi connectivity index (χ0) is 39.1. The molecule has 0 spiro atoms. The summed E-state index contributed by atoms with van der Waals surface area (Å²) in [4.78, 5) is 5.23. The fourth-order valence-corrected chi connectivity index (χ4v) is 9.17. The highest BCUT2D eigenvalue weighted by molar-refractivity contribution is 6.23. The van der Waals surface area contributed by atoms with Crippen molar-refractivity contribution in [1.29, 1.82) is 0 Å². The molecular weight excluding hydrogens is 713 g/mol. The molecule has 59 heavy (non-hydrogen) atoms. The molecule has 2 nitrogen and oxygen atoms in total. The van der Waals surface area contributed by atoms with E-state index in [0.717, 1.165) is 35.6 Å². The Hall–Kier alpha value is -7.55. The van der Waals surface area contributed by atoms with Crippen LogP contribution in [0.3, 0.4) is 0 Å². The Morgan fingerprint density at radius 1 is 0.373 bits per heavy atom. The van der Waals surface area contributed by atoms with Crippen LogP contribution in [-0.4, -0.2) is 9.55 Å². The van der Waals surface area contributed by atoms with Gasteiger partial charge in [-0.3, -0.25) is 4.57 Å². The molecule has 0 amide bonds. The largest absolute Gasteiger partial charge is 0.293 e. The van der Waals surface area contributed by atoms with Gasteiger partial charge in [0.15, 0.2) is 0 Å². The van der Waals surface area contributed by atoms with Crippen LogP contribution >= 0.6 is 0 Å². The fourth-order valence-electron chi connectivity index (χ4n) is 9.17. The molecule has 0 aliphatic heterocycles. The number of para-hydroxylation sites is 1. The summed E-state index contributed by atoms with van der Waals surface area (Å²) >= 11 is 0. The van der Waals surface area contributed by atoms with Gasteiger partial charge in [0.1, 0.15) is 5.82 Å². The molecule has 0 bridgehead atoms. The van der Waals surface area contributed by atoms with Crippen LogP contribution in [0.15, 0.2) is 212 Å². The molecule has 1 aromatic heterocycles. The van der Waals surface area contributed by atoms with E-state index in [9.17, 15) is 0 Å². The van der Waals surface area contributed by atoms with Crippen molar-refractivity contribution >= 4 is 27.6 Å². The Morgan fingerprint density at radius 2 is 0.847 bits per heavy atom. The first-order valence-corrected chi connectivity index (χ1v) is 20.5. The molecule has 278 valence electrons.